The van der Waals surface area contributed by atoms with Crippen molar-refractivity contribution in [3.05, 3.63) is 46.7 Å². The largest absolute Gasteiger partial charge is 0.380 e. The normalized spacial score (nSPS) is 17.5. The number of carbonyl (C=O) groups is 1. The summed E-state index contributed by atoms with van der Waals surface area (Å²) in [5.74, 6) is 0. The second-order valence-electron chi connectivity index (χ2n) is 5.88. The van der Waals surface area contributed by atoms with Crippen molar-refractivity contribution >= 4 is 28.7 Å². The van der Waals surface area contributed by atoms with Crippen molar-refractivity contribution in [1.29, 1.82) is 0 Å². The molecule has 0 bridgehead atoms. The molecule has 0 radical (unpaired) electrons. The molecule has 2 amide bonds. The SMILES string of the molecule is COC1CCCN(c2ccc(NC(=O)NCc3cccs3)cc2)C1. The van der Waals surface area contributed by atoms with E-state index < -0.39 is 0 Å². The number of nitrogens with one attached hydrogen (secondary N) is 2. The number of benzene rings is 1. The lowest BCUT2D eigenvalue weighted by Gasteiger charge is -2.33. The molecule has 3 rings (SSSR count). The predicted octanol–water partition coefficient (Wildman–Crippen LogP) is 3.69. The molecule has 1 aromatic carbocycles. The first kappa shape index (κ1) is 16.8. The third kappa shape index (κ3) is 4.49. The highest BCUT2D eigenvalue weighted by molar-refractivity contribution is 7.09. The van der Waals surface area contributed by atoms with Gasteiger partial charge in [-0.25, -0.2) is 4.79 Å². The smallest absolute Gasteiger partial charge is 0.319 e. The number of urea groups is 1. The van der Waals surface area contributed by atoms with Crippen LogP contribution in [0.15, 0.2) is 41.8 Å². The van der Waals surface area contributed by atoms with Gasteiger partial charge in [0.1, 0.15) is 0 Å². The monoisotopic (exact) mass is 345 g/mol. The Morgan fingerprint density at radius 2 is 2.17 bits per heavy atom. The standard InChI is InChI=1S/C18H23N3O2S/c1-23-16-4-2-10-21(13-16)15-8-6-14(7-9-15)20-18(22)19-12-17-5-3-11-24-17/h3,5-9,11,16H,2,4,10,12-13H2,1H3,(H2,19,20,22). The molecule has 1 fully saturated rings. The van der Waals surface area contributed by atoms with Gasteiger partial charge in [-0.1, -0.05) is 6.07 Å². The van der Waals surface area contributed by atoms with Crippen molar-refractivity contribution in [2.24, 2.45) is 0 Å². The Balaban J connectivity index is 1.51. The maximum Gasteiger partial charge on any atom is 0.319 e. The number of anilines is 2. The molecule has 1 aliphatic heterocycles. The summed E-state index contributed by atoms with van der Waals surface area (Å²) in [4.78, 5) is 15.4. The van der Waals surface area contributed by atoms with Crippen molar-refractivity contribution in [3.63, 3.8) is 0 Å². The number of rotatable bonds is 5. The van der Waals surface area contributed by atoms with E-state index in [1.54, 1.807) is 18.4 Å². The van der Waals surface area contributed by atoms with Crippen molar-refractivity contribution in [2.45, 2.75) is 25.5 Å². The van der Waals surface area contributed by atoms with Gasteiger partial charge < -0.3 is 20.3 Å². The topological polar surface area (TPSA) is 53.6 Å². The highest BCUT2D eigenvalue weighted by Crippen LogP contribution is 2.23. The van der Waals surface area contributed by atoms with Crippen LogP contribution in [-0.2, 0) is 11.3 Å². The van der Waals surface area contributed by atoms with Crippen LogP contribution in [0.1, 0.15) is 17.7 Å². The molecular weight excluding hydrogens is 322 g/mol. The summed E-state index contributed by atoms with van der Waals surface area (Å²) < 4.78 is 5.47. The van der Waals surface area contributed by atoms with E-state index in [0.29, 0.717) is 12.6 Å². The first-order valence-electron chi connectivity index (χ1n) is 8.19. The molecule has 1 unspecified atom stereocenters. The third-order valence-electron chi connectivity index (χ3n) is 4.21. The van der Waals surface area contributed by atoms with Gasteiger partial charge in [0.2, 0.25) is 0 Å². The van der Waals surface area contributed by atoms with Gasteiger partial charge in [0.05, 0.1) is 12.6 Å². The average molecular weight is 345 g/mol. The molecule has 5 nitrogen and oxygen atoms in total. The second kappa shape index (κ2) is 8.17. The fourth-order valence-electron chi connectivity index (χ4n) is 2.88. The van der Waals surface area contributed by atoms with Gasteiger partial charge >= 0.3 is 6.03 Å². The Kier molecular flexibility index (Phi) is 5.72. The molecule has 1 atom stereocenters. The Hall–Kier alpha value is -2.05. The number of carbonyl (C=O) groups excluding carboxylic acids is 1. The first-order valence-corrected chi connectivity index (χ1v) is 9.07. The van der Waals surface area contributed by atoms with Gasteiger partial charge in [-0.3, -0.25) is 0 Å². The van der Waals surface area contributed by atoms with Crippen molar-refractivity contribution in [3.8, 4) is 0 Å². The number of methoxy groups -OCH3 is 1. The van der Waals surface area contributed by atoms with Crippen LogP contribution in [0.5, 0.6) is 0 Å². The lowest BCUT2D eigenvalue weighted by Crippen LogP contribution is -2.39. The molecule has 24 heavy (non-hydrogen) atoms. The lowest BCUT2D eigenvalue weighted by molar-refractivity contribution is 0.0893. The van der Waals surface area contributed by atoms with Gasteiger partial charge in [0.25, 0.3) is 0 Å². The summed E-state index contributed by atoms with van der Waals surface area (Å²) >= 11 is 1.63. The van der Waals surface area contributed by atoms with E-state index in [1.807, 2.05) is 41.8 Å². The minimum Gasteiger partial charge on any atom is -0.380 e. The molecule has 1 saturated heterocycles. The second-order valence-corrected chi connectivity index (χ2v) is 6.91. The van der Waals surface area contributed by atoms with Crippen LogP contribution in [-0.4, -0.2) is 32.3 Å². The fraction of sp³-hybridized carbons (Fsp3) is 0.389. The van der Waals surface area contributed by atoms with Crippen LogP contribution in [0.2, 0.25) is 0 Å². The van der Waals surface area contributed by atoms with Crippen LogP contribution >= 0.6 is 11.3 Å². The van der Waals surface area contributed by atoms with Gasteiger partial charge in [-0.15, -0.1) is 11.3 Å². The van der Waals surface area contributed by atoms with E-state index >= 15 is 0 Å². The fourth-order valence-corrected chi connectivity index (χ4v) is 3.52. The molecule has 2 aromatic rings. The van der Waals surface area contributed by atoms with Crippen molar-refractivity contribution in [2.75, 3.05) is 30.4 Å². The summed E-state index contributed by atoms with van der Waals surface area (Å²) in [6.45, 7) is 2.52. The number of ether oxygens (including phenoxy) is 1. The molecule has 2 N–H and O–H groups in total. The highest BCUT2D eigenvalue weighted by atomic mass is 32.1. The Morgan fingerprint density at radius 3 is 2.88 bits per heavy atom. The quantitative estimate of drug-likeness (QED) is 0.869. The van der Waals surface area contributed by atoms with Gasteiger partial charge in [0, 0.05) is 36.5 Å². The molecule has 0 saturated carbocycles. The molecule has 2 heterocycles. The van der Waals surface area contributed by atoms with Crippen molar-refractivity contribution in [1.82, 2.24) is 5.32 Å². The van der Waals surface area contributed by atoms with E-state index in [2.05, 4.69) is 15.5 Å². The summed E-state index contributed by atoms with van der Waals surface area (Å²) in [6, 6.07) is 11.8. The van der Waals surface area contributed by atoms with E-state index in [9.17, 15) is 4.79 Å². The van der Waals surface area contributed by atoms with Crippen LogP contribution in [0.3, 0.4) is 0 Å². The molecule has 0 spiro atoms. The zero-order valence-corrected chi connectivity index (χ0v) is 14.6. The van der Waals surface area contributed by atoms with E-state index in [1.165, 1.54) is 5.69 Å². The summed E-state index contributed by atoms with van der Waals surface area (Å²) in [7, 11) is 1.77. The number of hydrogen-bond acceptors (Lipinski definition) is 4. The van der Waals surface area contributed by atoms with E-state index in [-0.39, 0.29) is 6.03 Å². The molecule has 128 valence electrons. The number of thiophene rings is 1. The lowest BCUT2D eigenvalue weighted by atomic mass is 10.1. The minimum absolute atomic E-state index is 0.187. The van der Waals surface area contributed by atoms with E-state index in [4.69, 9.17) is 4.74 Å². The van der Waals surface area contributed by atoms with Crippen LogP contribution in [0.4, 0.5) is 16.2 Å². The van der Waals surface area contributed by atoms with Gasteiger partial charge in [-0.2, -0.15) is 0 Å². The van der Waals surface area contributed by atoms with Crippen LogP contribution in [0, 0.1) is 0 Å². The number of piperidine rings is 1. The molecule has 1 aromatic heterocycles. The summed E-state index contributed by atoms with van der Waals surface area (Å²) in [5, 5.41) is 7.73. The van der Waals surface area contributed by atoms with Crippen molar-refractivity contribution < 1.29 is 9.53 Å². The molecule has 0 aliphatic carbocycles. The molecule has 6 heteroatoms. The average Bonchev–Trinajstić information content (AvgIpc) is 3.14. The zero-order chi connectivity index (χ0) is 16.8. The Labute approximate surface area is 146 Å². The molecule has 1 aliphatic rings. The first-order chi connectivity index (χ1) is 11.7. The zero-order valence-electron chi connectivity index (χ0n) is 13.8. The number of nitrogens with zero attached hydrogens (tertiary/aromatic N) is 1. The van der Waals surface area contributed by atoms with Gasteiger partial charge in [0.15, 0.2) is 0 Å². The summed E-state index contributed by atoms with van der Waals surface area (Å²) in [6.07, 6.45) is 2.57. The molecular formula is C18H23N3O2S. The number of amides is 2. The number of hydrogen-bond donors (Lipinski definition) is 2. The Morgan fingerprint density at radius 1 is 1.33 bits per heavy atom. The summed E-state index contributed by atoms with van der Waals surface area (Å²) in [5.41, 5.74) is 1.96. The van der Waals surface area contributed by atoms with E-state index in [0.717, 1.165) is 36.5 Å². The maximum absolute atomic E-state index is 11.9. The highest BCUT2D eigenvalue weighted by Gasteiger charge is 2.19. The van der Waals surface area contributed by atoms with Gasteiger partial charge in [-0.05, 0) is 48.6 Å². The maximum atomic E-state index is 11.9. The predicted molar refractivity (Wildman–Crippen MR) is 98.9 cm³/mol. The Bertz CT molecular complexity index is 643. The van der Waals surface area contributed by atoms with Crippen LogP contribution < -0.4 is 15.5 Å². The van der Waals surface area contributed by atoms with Crippen LogP contribution in [0.25, 0.3) is 0 Å². The third-order valence-corrected chi connectivity index (χ3v) is 5.08. The minimum atomic E-state index is -0.187.